The minimum Gasteiger partial charge on any atom is -0.507 e. The lowest BCUT2D eigenvalue weighted by atomic mass is 9.98. The van der Waals surface area contributed by atoms with Gasteiger partial charge in [0.15, 0.2) is 0 Å². The summed E-state index contributed by atoms with van der Waals surface area (Å²) in [6.45, 7) is 1.78. The quantitative estimate of drug-likeness (QED) is 0.402. The normalized spacial score (nSPS) is 18.8. The van der Waals surface area contributed by atoms with Gasteiger partial charge in [0.05, 0.1) is 18.4 Å². The first-order valence-electron chi connectivity index (χ1n) is 8.58. The van der Waals surface area contributed by atoms with Gasteiger partial charge in [-0.15, -0.1) is 11.3 Å². The van der Waals surface area contributed by atoms with E-state index in [9.17, 15) is 19.1 Å². The number of hydrogen-bond acceptors (Lipinski definition) is 5. The highest BCUT2D eigenvalue weighted by molar-refractivity contribution is 7.09. The Morgan fingerprint density at radius 1 is 1.25 bits per heavy atom. The molecule has 142 valence electrons. The van der Waals surface area contributed by atoms with Crippen molar-refractivity contribution in [2.75, 3.05) is 0 Å². The molecular weight excluding hydrogens is 381 g/mol. The lowest BCUT2D eigenvalue weighted by Gasteiger charge is -2.22. The van der Waals surface area contributed by atoms with Crippen LogP contribution in [0.1, 0.15) is 27.8 Å². The van der Waals surface area contributed by atoms with E-state index in [4.69, 9.17) is 4.42 Å². The Hall–Kier alpha value is -3.19. The average molecular weight is 397 g/mol. The number of furan rings is 1. The molecule has 3 aromatic rings. The Balaban J connectivity index is 1.85. The van der Waals surface area contributed by atoms with E-state index in [2.05, 4.69) is 0 Å². The van der Waals surface area contributed by atoms with Crippen LogP contribution in [0, 0.1) is 12.7 Å². The summed E-state index contributed by atoms with van der Waals surface area (Å²) in [5.41, 5.74) is 0.526. The molecule has 1 N–H and O–H groups in total. The maximum Gasteiger partial charge on any atom is 0.296 e. The highest BCUT2D eigenvalue weighted by atomic mass is 32.1. The molecule has 4 rings (SSSR count). The topological polar surface area (TPSA) is 70.8 Å². The van der Waals surface area contributed by atoms with Crippen LogP contribution >= 0.6 is 11.3 Å². The fourth-order valence-electron chi connectivity index (χ4n) is 3.30. The molecule has 5 nitrogen and oxygen atoms in total. The standard InChI is InChI=1S/C21H16FNO4S/c1-12-10-13(6-7-15(12)22)19(24)17-18(16-5-2-8-27-16)23(21(26)20(17)25)11-14-4-3-9-28-14/h2-10,18,24H,11H2,1H3/b19-17-. The van der Waals surface area contributed by atoms with Gasteiger partial charge in [-0.2, -0.15) is 0 Å². The third-order valence-corrected chi connectivity index (χ3v) is 5.55. The van der Waals surface area contributed by atoms with Gasteiger partial charge in [-0.25, -0.2) is 4.39 Å². The molecule has 0 aliphatic carbocycles. The predicted molar refractivity (Wildman–Crippen MR) is 102 cm³/mol. The monoisotopic (exact) mass is 397 g/mol. The summed E-state index contributed by atoms with van der Waals surface area (Å²) in [5.74, 6) is -1.91. The Morgan fingerprint density at radius 2 is 2.07 bits per heavy atom. The number of nitrogens with zero attached hydrogens (tertiary/aromatic N) is 1. The van der Waals surface area contributed by atoms with Crippen LogP contribution < -0.4 is 0 Å². The van der Waals surface area contributed by atoms with Crippen LogP contribution in [-0.2, 0) is 16.1 Å². The molecule has 7 heteroatoms. The van der Waals surface area contributed by atoms with Crippen molar-refractivity contribution in [2.45, 2.75) is 19.5 Å². The first-order chi connectivity index (χ1) is 13.5. The molecule has 1 aromatic carbocycles. The molecule has 1 atom stereocenters. The van der Waals surface area contributed by atoms with E-state index in [-0.39, 0.29) is 23.4 Å². The van der Waals surface area contributed by atoms with Gasteiger partial charge >= 0.3 is 0 Å². The maximum absolute atomic E-state index is 13.6. The minimum atomic E-state index is -0.859. The number of benzene rings is 1. The number of likely N-dealkylation sites (tertiary alicyclic amines) is 1. The van der Waals surface area contributed by atoms with Crippen LogP contribution in [0.3, 0.4) is 0 Å². The lowest BCUT2D eigenvalue weighted by molar-refractivity contribution is -0.140. The van der Waals surface area contributed by atoms with Gasteiger partial charge < -0.3 is 14.4 Å². The minimum absolute atomic E-state index is 0.0671. The number of ketones is 1. The molecule has 0 spiro atoms. The number of aryl methyl sites for hydroxylation is 1. The van der Waals surface area contributed by atoms with E-state index in [1.54, 1.807) is 19.1 Å². The van der Waals surface area contributed by atoms with E-state index in [0.29, 0.717) is 11.3 Å². The van der Waals surface area contributed by atoms with Crippen molar-refractivity contribution in [1.29, 1.82) is 0 Å². The van der Waals surface area contributed by atoms with E-state index < -0.39 is 23.5 Å². The highest BCUT2D eigenvalue weighted by Gasteiger charge is 2.47. The molecule has 1 saturated heterocycles. The fraction of sp³-hybridized carbons (Fsp3) is 0.143. The summed E-state index contributed by atoms with van der Waals surface area (Å²) in [4.78, 5) is 27.8. The zero-order valence-electron chi connectivity index (χ0n) is 14.9. The van der Waals surface area contributed by atoms with Gasteiger partial charge in [0.2, 0.25) is 0 Å². The van der Waals surface area contributed by atoms with Gasteiger partial charge in [0, 0.05) is 10.4 Å². The van der Waals surface area contributed by atoms with Crippen LogP contribution in [0.25, 0.3) is 5.76 Å². The number of halogens is 1. The van der Waals surface area contributed by atoms with Crippen molar-refractivity contribution in [2.24, 2.45) is 0 Å². The second-order valence-electron chi connectivity index (χ2n) is 6.49. The second-order valence-corrected chi connectivity index (χ2v) is 7.52. The van der Waals surface area contributed by atoms with Gasteiger partial charge in [-0.05, 0) is 54.3 Å². The zero-order valence-corrected chi connectivity index (χ0v) is 15.7. The Bertz CT molecular complexity index is 1070. The van der Waals surface area contributed by atoms with Crippen LogP contribution in [-0.4, -0.2) is 21.7 Å². The summed E-state index contributed by atoms with van der Waals surface area (Å²) in [5, 5.41) is 12.7. The summed E-state index contributed by atoms with van der Waals surface area (Å²) < 4.78 is 19.1. The van der Waals surface area contributed by atoms with Crippen LogP contribution in [0.15, 0.2) is 64.1 Å². The summed E-state index contributed by atoms with van der Waals surface area (Å²) in [6.07, 6.45) is 1.45. The van der Waals surface area contributed by atoms with E-state index in [0.717, 1.165) is 4.88 Å². The summed E-state index contributed by atoms with van der Waals surface area (Å²) in [6, 6.07) is 10.2. The van der Waals surface area contributed by atoms with Crippen LogP contribution in [0.2, 0.25) is 0 Å². The van der Waals surface area contributed by atoms with Crippen LogP contribution in [0.5, 0.6) is 0 Å². The number of thiophene rings is 1. The molecule has 3 heterocycles. The summed E-state index contributed by atoms with van der Waals surface area (Å²) >= 11 is 1.47. The molecule has 1 unspecified atom stereocenters. The molecule has 28 heavy (non-hydrogen) atoms. The van der Waals surface area contributed by atoms with Crippen molar-refractivity contribution in [1.82, 2.24) is 4.90 Å². The maximum atomic E-state index is 13.6. The molecule has 1 amide bonds. The largest absolute Gasteiger partial charge is 0.507 e. The first-order valence-corrected chi connectivity index (χ1v) is 9.46. The smallest absolute Gasteiger partial charge is 0.296 e. The third kappa shape index (κ3) is 3.03. The van der Waals surface area contributed by atoms with E-state index in [1.807, 2.05) is 17.5 Å². The highest BCUT2D eigenvalue weighted by Crippen LogP contribution is 2.40. The molecule has 0 radical (unpaired) electrons. The lowest BCUT2D eigenvalue weighted by Crippen LogP contribution is -2.28. The van der Waals surface area contributed by atoms with Crippen molar-refractivity contribution in [3.8, 4) is 0 Å². The molecule has 0 bridgehead atoms. The number of amides is 1. The van der Waals surface area contributed by atoms with Crippen molar-refractivity contribution < 1.29 is 23.5 Å². The van der Waals surface area contributed by atoms with Gasteiger partial charge in [-0.1, -0.05) is 6.07 Å². The molecule has 2 aromatic heterocycles. The van der Waals surface area contributed by atoms with Crippen molar-refractivity contribution >= 4 is 28.8 Å². The number of hydrogen-bond donors (Lipinski definition) is 1. The third-order valence-electron chi connectivity index (χ3n) is 4.69. The summed E-state index contributed by atoms with van der Waals surface area (Å²) in [7, 11) is 0. The van der Waals surface area contributed by atoms with Gasteiger partial charge in [0.25, 0.3) is 11.7 Å². The predicted octanol–water partition coefficient (Wildman–Crippen LogP) is 4.41. The SMILES string of the molecule is Cc1cc(/C(O)=C2/C(=O)C(=O)N(Cc3cccs3)C2c2ccco2)ccc1F. The van der Waals surface area contributed by atoms with Crippen LogP contribution in [0.4, 0.5) is 4.39 Å². The Kier molecular flexibility index (Phi) is 4.60. The molecule has 1 aliphatic heterocycles. The number of aliphatic hydroxyl groups is 1. The van der Waals surface area contributed by atoms with Crippen molar-refractivity contribution in [3.05, 3.63) is 87.3 Å². The fourth-order valence-corrected chi connectivity index (χ4v) is 4.01. The van der Waals surface area contributed by atoms with Gasteiger partial charge in [-0.3, -0.25) is 9.59 Å². The molecule has 0 saturated carbocycles. The zero-order chi connectivity index (χ0) is 19.8. The molecule has 1 aliphatic rings. The number of Topliss-reactive ketones (excluding diaryl/α,β-unsaturated/α-hetero) is 1. The number of carbonyl (C=O) groups is 2. The number of rotatable bonds is 4. The molecular formula is C21H16FNO4S. The second kappa shape index (κ2) is 7.09. The first kappa shape index (κ1) is 18.2. The van der Waals surface area contributed by atoms with E-state index >= 15 is 0 Å². The number of aliphatic hydroxyl groups excluding tert-OH is 1. The van der Waals surface area contributed by atoms with Gasteiger partial charge in [0.1, 0.15) is 23.4 Å². The van der Waals surface area contributed by atoms with Crippen molar-refractivity contribution in [3.63, 3.8) is 0 Å². The number of carbonyl (C=O) groups excluding carboxylic acids is 2. The Morgan fingerprint density at radius 3 is 2.71 bits per heavy atom. The Labute approximate surface area is 164 Å². The van der Waals surface area contributed by atoms with E-state index in [1.165, 1.54) is 40.7 Å². The average Bonchev–Trinajstić information content (AvgIpc) is 3.42. The molecule has 1 fully saturated rings.